The van der Waals surface area contributed by atoms with Crippen molar-refractivity contribution in [3.8, 4) is 0 Å². The van der Waals surface area contributed by atoms with Gasteiger partial charge in [0.25, 0.3) is 0 Å². The molecule has 0 saturated heterocycles. The number of rotatable bonds is 5. The van der Waals surface area contributed by atoms with E-state index in [1.165, 1.54) is 0 Å². The molecular weight excluding hydrogens is 144 g/mol. The van der Waals surface area contributed by atoms with Crippen molar-refractivity contribution in [1.82, 2.24) is 0 Å². The molecule has 0 rings (SSSR count). The first-order chi connectivity index (χ1) is 5.26. The maximum Gasteiger partial charge on any atom is 0.335 e. The van der Waals surface area contributed by atoms with Crippen LogP contribution < -0.4 is 0 Å². The lowest BCUT2D eigenvalue weighted by molar-refractivity contribution is -0.156. The lowest BCUT2D eigenvalue weighted by Crippen LogP contribution is -2.25. The van der Waals surface area contributed by atoms with Crippen LogP contribution in [-0.2, 0) is 14.3 Å². The van der Waals surface area contributed by atoms with Crippen molar-refractivity contribution in [2.75, 3.05) is 13.2 Å². The standard InChI is InChI=1S/C8H16O3/c1-4-7(10-5-2)8(9)11-6-3/h7H,4-6H2,1-3H3/t7-/m0/s1. The van der Waals surface area contributed by atoms with Gasteiger partial charge < -0.3 is 9.47 Å². The van der Waals surface area contributed by atoms with E-state index in [2.05, 4.69) is 0 Å². The van der Waals surface area contributed by atoms with E-state index < -0.39 is 0 Å². The van der Waals surface area contributed by atoms with Gasteiger partial charge in [0.1, 0.15) is 0 Å². The molecule has 0 radical (unpaired) electrons. The predicted octanol–water partition coefficient (Wildman–Crippen LogP) is 1.36. The van der Waals surface area contributed by atoms with Crippen molar-refractivity contribution in [3.05, 3.63) is 0 Å². The predicted molar refractivity (Wildman–Crippen MR) is 42.3 cm³/mol. The molecule has 0 heterocycles. The highest BCUT2D eigenvalue weighted by Gasteiger charge is 2.16. The molecule has 0 unspecified atom stereocenters. The molecule has 0 N–H and O–H groups in total. The van der Waals surface area contributed by atoms with Gasteiger partial charge in [-0.3, -0.25) is 0 Å². The molecule has 0 aliphatic rings. The molecule has 1 atom stereocenters. The van der Waals surface area contributed by atoms with E-state index in [0.29, 0.717) is 19.6 Å². The van der Waals surface area contributed by atoms with Gasteiger partial charge in [0.15, 0.2) is 6.10 Å². The monoisotopic (exact) mass is 160 g/mol. The minimum Gasteiger partial charge on any atom is -0.464 e. The average Bonchev–Trinajstić information content (AvgIpc) is 2.00. The van der Waals surface area contributed by atoms with Crippen LogP contribution >= 0.6 is 0 Å². The number of hydrogen-bond acceptors (Lipinski definition) is 3. The van der Waals surface area contributed by atoms with Crippen LogP contribution in [0.25, 0.3) is 0 Å². The Balaban J connectivity index is 3.71. The fourth-order valence-corrected chi connectivity index (χ4v) is 0.789. The van der Waals surface area contributed by atoms with Crippen molar-refractivity contribution in [1.29, 1.82) is 0 Å². The fraction of sp³-hybridized carbons (Fsp3) is 0.875. The van der Waals surface area contributed by atoms with E-state index in [-0.39, 0.29) is 12.1 Å². The van der Waals surface area contributed by atoms with Crippen LogP contribution in [0.3, 0.4) is 0 Å². The highest BCUT2D eigenvalue weighted by Crippen LogP contribution is 2.00. The van der Waals surface area contributed by atoms with Crippen LogP contribution in [0.1, 0.15) is 27.2 Å². The molecule has 0 fully saturated rings. The quantitative estimate of drug-likeness (QED) is 0.570. The fourth-order valence-electron chi connectivity index (χ4n) is 0.789. The summed E-state index contributed by atoms with van der Waals surface area (Å²) in [5, 5.41) is 0. The molecule has 3 nitrogen and oxygen atoms in total. The molecule has 0 aliphatic heterocycles. The second-order valence-corrected chi connectivity index (χ2v) is 2.10. The van der Waals surface area contributed by atoms with E-state index >= 15 is 0 Å². The smallest absolute Gasteiger partial charge is 0.335 e. The zero-order valence-electron chi connectivity index (χ0n) is 7.42. The number of hydrogen-bond donors (Lipinski definition) is 0. The van der Waals surface area contributed by atoms with Crippen LogP contribution in [0.15, 0.2) is 0 Å². The molecule has 0 aromatic heterocycles. The Morgan fingerprint density at radius 3 is 2.27 bits per heavy atom. The number of ether oxygens (including phenoxy) is 2. The second-order valence-electron chi connectivity index (χ2n) is 2.10. The minimum atomic E-state index is -0.375. The summed E-state index contributed by atoms with van der Waals surface area (Å²) in [6.07, 6.45) is 0.298. The summed E-state index contributed by atoms with van der Waals surface area (Å²) < 4.78 is 9.91. The molecule has 0 spiro atoms. The number of carbonyl (C=O) groups excluding carboxylic acids is 1. The molecule has 11 heavy (non-hydrogen) atoms. The van der Waals surface area contributed by atoms with E-state index in [9.17, 15) is 4.79 Å². The molecule has 0 amide bonds. The highest BCUT2D eigenvalue weighted by atomic mass is 16.6. The van der Waals surface area contributed by atoms with E-state index in [1.54, 1.807) is 6.92 Å². The maximum atomic E-state index is 11.0. The Morgan fingerprint density at radius 2 is 1.91 bits per heavy atom. The third kappa shape index (κ3) is 3.98. The van der Waals surface area contributed by atoms with Gasteiger partial charge in [-0.1, -0.05) is 6.92 Å². The van der Waals surface area contributed by atoms with Gasteiger partial charge in [0.2, 0.25) is 0 Å². The maximum absolute atomic E-state index is 11.0. The Kier molecular flexibility index (Phi) is 5.84. The molecule has 66 valence electrons. The first kappa shape index (κ1) is 10.4. The molecule has 0 aromatic carbocycles. The molecule has 0 aromatic rings. The Morgan fingerprint density at radius 1 is 1.27 bits per heavy atom. The molecule has 0 bridgehead atoms. The van der Waals surface area contributed by atoms with Crippen LogP contribution in [0, 0.1) is 0 Å². The van der Waals surface area contributed by atoms with E-state index in [0.717, 1.165) is 0 Å². The lowest BCUT2D eigenvalue weighted by Gasteiger charge is -2.12. The Hall–Kier alpha value is -0.570. The van der Waals surface area contributed by atoms with Crippen molar-refractivity contribution >= 4 is 5.97 Å². The topological polar surface area (TPSA) is 35.5 Å². The largest absolute Gasteiger partial charge is 0.464 e. The summed E-state index contributed by atoms with van der Waals surface area (Å²) in [6, 6.07) is 0. The summed E-state index contributed by atoms with van der Waals surface area (Å²) in [7, 11) is 0. The summed E-state index contributed by atoms with van der Waals surface area (Å²) in [5.41, 5.74) is 0. The molecule has 0 aliphatic carbocycles. The third-order valence-corrected chi connectivity index (χ3v) is 1.29. The lowest BCUT2D eigenvalue weighted by atomic mass is 10.3. The van der Waals surface area contributed by atoms with Crippen LogP contribution in [0.5, 0.6) is 0 Å². The SMILES string of the molecule is CCOC(=O)[C@H](CC)OCC. The van der Waals surface area contributed by atoms with Crippen LogP contribution in [0.2, 0.25) is 0 Å². The van der Waals surface area contributed by atoms with Gasteiger partial charge in [-0.05, 0) is 20.3 Å². The average molecular weight is 160 g/mol. The van der Waals surface area contributed by atoms with Gasteiger partial charge in [0.05, 0.1) is 6.61 Å². The van der Waals surface area contributed by atoms with Crippen LogP contribution in [0.4, 0.5) is 0 Å². The summed E-state index contributed by atoms with van der Waals surface area (Å²) >= 11 is 0. The van der Waals surface area contributed by atoms with Gasteiger partial charge >= 0.3 is 5.97 Å². The van der Waals surface area contributed by atoms with Gasteiger partial charge in [-0.15, -0.1) is 0 Å². The second kappa shape index (κ2) is 6.16. The Bertz CT molecular complexity index is 112. The zero-order valence-corrected chi connectivity index (χ0v) is 7.42. The zero-order chi connectivity index (χ0) is 8.69. The van der Waals surface area contributed by atoms with Gasteiger partial charge in [-0.2, -0.15) is 0 Å². The van der Waals surface area contributed by atoms with Crippen LogP contribution in [-0.4, -0.2) is 25.3 Å². The summed E-state index contributed by atoms with van der Waals surface area (Å²) in [5.74, 6) is -0.253. The first-order valence-corrected chi connectivity index (χ1v) is 4.04. The minimum absolute atomic E-state index is 0.253. The van der Waals surface area contributed by atoms with Crippen molar-refractivity contribution < 1.29 is 14.3 Å². The van der Waals surface area contributed by atoms with Crippen molar-refractivity contribution in [2.45, 2.75) is 33.3 Å². The molecular formula is C8H16O3. The summed E-state index contributed by atoms with van der Waals surface area (Å²) in [4.78, 5) is 11.0. The van der Waals surface area contributed by atoms with Crippen molar-refractivity contribution in [2.24, 2.45) is 0 Å². The van der Waals surface area contributed by atoms with Crippen molar-refractivity contribution in [3.63, 3.8) is 0 Å². The number of esters is 1. The summed E-state index contributed by atoms with van der Waals surface area (Å²) in [6.45, 7) is 6.52. The van der Waals surface area contributed by atoms with Gasteiger partial charge in [-0.25, -0.2) is 4.79 Å². The highest BCUT2D eigenvalue weighted by molar-refractivity contribution is 5.74. The first-order valence-electron chi connectivity index (χ1n) is 4.04. The third-order valence-electron chi connectivity index (χ3n) is 1.29. The molecule has 3 heteroatoms. The number of carbonyl (C=O) groups is 1. The van der Waals surface area contributed by atoms with E-state index in [1.807, 2.05) is 13.8 Å². The Labute approximate surface area is 67.7 Å². The van der Waals surface area contributed by atoms with E-state index in [4.69, 9.17) is 9.47 Å². The van der Waals surface area contributed by atoms with Gasteiger partial charge in [0, 0.05) is 6.61 Å². The molecule has 0 saturated carbocycles. The normalized spacial score (nSPS) is 12.6.